The SMILES string of the molecule is CCn1nnc(NC(=O)C2c3ccccc3Cc3ccccc32)n1. The summed E-state index contributed by atoms with van der Waals surface area (Å²) in [6.07, 6.45) is 0.848. The zero-order valence-electron chi connectivity index (χ0n) is 13.3. The first-order valence-corrected chi connectivity index (χ1v) is 8.00. The molecular formula is C18H17N5O. The van der Waals surface area contributed by atoms with Crippen LogP contribution in [0.3, 0.4) is 0 Å². The molecule has 0 atom stereocenters. The summed E-state index contributed by atoms with van der Waals surface area (Å²) < 4.78 is 0. The highest BCUT2D eigenvalue weighted by molar-refractivity contribution is 5.97. The number of amides is 1. The number of carbonyl (C=O) groups excluding carboxylic acids is 1. The van der Waals surface area contributed by atoms with Crippen molar-refractivity contribution in [2.75, 3.05) is 5.32 Å². The normalized spacial score (nSPS) is 13.2. The number of nitrogens with zero attached hydrogens (tertiary/aromatic N) is 4. The molecule has 120 valence electrons. The van der Waals surface area contributed by atoms with Crippen LogP contribution in [0, 0.1) is 0 Å². The lowest BCUT2D eigenvalue weighted by atomic mass is 9.78. The van der Waals surface area contributed by atoms with Crippen LogP contribution in [-0.2, 0) is 17.8 Å². The van der Waals surface area contributed by atoms with Crippen molar-refractivity contribution in [1.29, 1.82) is 0 Å². The van der Waals surface area contributed by atoms with Crippen LogP contribution in [0.15, 0.2) is 48.5 Å². The zero-order valence-corrected chi connectivity index (χ0v) is 13.3. The van der Waals surface area contributed by atoms with E-state index in [0.717, 1.165) is 17.5 Å². The Morgan fingerprint density at radius 3 is 2.33 bits per heavy atom. The van der Waals surface area contributed by atoms with Crippen molar-refractivity contribution in [2.24, 2.45) is 0 Å². The lowest BCUT2D eigenvalue weighted by Crippen LogP contribution is -2.27. The quantitative estimate of drug-likeness (QED) is 0.804. The molecule has 0 bridgehead atoms. The lowest BCUT2D eigenvalue weighted by Gasteiger charge is -2.27. The average Bonchev–Trinajstić information content (AvgIpc) is 3.07. The predicted octanol–water partition coefficient (Wildman–Crippen LogP) is 2.37. The average molecular weight is 319 g/mol. The number of hydrogen-bond acceptors (Lipinski definition) is 4. The summed E-state index contributed by atoms with van der Waals surface area (Å²) in [7, 11) is 0. The number of benzene rings is 2. The summed E-state index contributed by atoms with van der Waals surface area (Å²) in [6.45, 7) is 2.53. The number of hydrogen-bond donors (Lipinski definition) is 1. The van der Waals surface area contributed by atoms with Crippen LogP contribution in [0.2, 0.25) is 0 Å². The van der Waals surface area contributed by atoms with E-state index in [-0.39, 0.29) is 17.8 Å². The molecule has 0 saturated heterocycles. The first kappa shape index (κ1) is 14.6. The van der Waals surface area contributed by atoms with Crippen molar-refractivity contribution >= 4 is 11.9 Å². The van der Waals surface area contributed by atoms with Crippen LogP contribution in [0.4, 0.5) is 5.95 Å². The molecule has 1 aromatic heterocycles. The first-order valence-electron chi connectivity index (χ1n) is 8.00. The molecule has 6 nitrogen and oxygen atoms in total. The van der Waals surface area contributed by atoms with Gasteiger partial charge in [-0.1, -0.05) is 53.6 Å². The maximum absolute atomic E-state index is 13.0. The molecule has 1 aliphatic carbocycles. The fraction of sp³-hybridized carbons (Fsp3) is 0.222. The van der Waals surface area contributed by atoms with E-state index >= 15 is 0 Å². The van der Waals surface area contributed by atoms with Crippen molar-refractivity contribution in [1.82, 2.24) is 20.2 Å². The number of anilines is 1. The summed E-state index contributed by atoms with van der Waals surface area (Å²) in [5, 5.41) is 14.7. The van der Waals surface area contributed by atoms with Gasteiger partial charge in [-0.2, -0.15) is 4.80 Å². The van der Waals surface area contributed by atoms with Gasteiger partial charge in [0.25, 0.3) is 5.95 Å². The number of aryl methyl sites for hydroxylation is 1. The molecule has 6 heteroatoms. The number of fused-ring (bicyclic) bond motifs is 2. The minimum Gasteiger partial charge on any atom is -0.291 e. The molecule has 3 aromatic rings. The minimum atomic E-state index is -0.361. The highest BCUT2D eigenvalue weighted by atomic mass is 16.2. The van der Waals surface area contributed by atoms with E-state index in [4.69, 9.17) is 0 Å². The second-order valence-electron chi connectivity index (χ2n) is 5.80. The van der Waals surface area contributed by atoms with Crippen LogP contribution < -0.4 is 5.32 Å². The molecular weight excluding hydrogens is 302 g/mol. The molecule has 1 heterocycles. The summed E-state index contributed by atoms with van der Waals surface area (Å²) in [4.78, 5) is 14.4. The van der Waals surface area contributed by atoms with Gasteiger partial charge in [0.05, 0.1) is 12.5 Å². The van der Waals surface area contributed by atoms with Crippen molar-refractivity contribution in [3.63, 3.8) is 0 Å². The van der Waals surface area contributed by atoms with E-state index in [0.29, 0.717) is 6.54 Å². The van der Waals surface area contributed by atoms with Crippen molar-refractivity contribution in [2.45, 2.75) is 25.8 Å². The molecule has 1 N–H and O–H groups in total. The number of carbonyl (C=O) groups is 1. The molecule has 4 rings (SSSR count). The Morgan fingerprint density at radius 1 is 1.12 bits per heavy atom. The maximum atomic E-state index is 13.0. The molecule has 0 saturated carbocycles. The number of nitrogens with one attached hydrogen (secondary N) is 1. The largest absolute Gasteiger partial charge is 0.291 e. The Kier molecular flexibility index (Phi) is 3.57. The van der Waals surface area contributed by atoms with E-state index in [9.17, 15) is 4.79 Å². The van der Waals surface area contributed by atoms with Crippen molar-refractivity contribution < 1.29 is 4.79 Å². The van der Waals surface area contributed by atoms with Crippen LogP contribution in [-0.4, -0.2) is 26.1 Å². The zero-order chi connectivity index (χ0) is 16.5. The lowest BCUT2D eigenvalue weighted by molar-refractivity contribution is -0.116. The van der Waals surface area contributed by atoms with Crippen LogP contribution in [0.5, 0.6) is 0 Å². The van der Waals surface area contributed by atoms with Gasteiger partial charge < -0.3 is 0 Å². The van der Waals surface area contributed by atoms with Crippen molar-refractivity contribution in [3.8, 4) is 0 Å². The van der Waals surface area contributed by atoms with Gasteiger partial charge in [-0.15, -0.1) is 5.10 Å². The van der Waals surface area contributed by atoms with Gasteiger partial charge in [-0.05, 0) is 40.8 Å². The maximum Gasteiger partial charge on any atom is 0.270 e. The number of aromatic nitrogens is 4. The highest BCUT2D eigenvalue weighted by Crippen LogP contribution is 2.36. The van der Waals surface area contributed by atoms with E-state index in [1.54, 1.807) is 0 Å². The van der Waals surface area contributed by atoms with Gasteiger partial charge >= 0.3 is 0 Å². The molecule has 1 aliphatic rings. The molecule has 2 aromatic carbocycles. The second-order valence-corrected chi connectivity index (χ2v) is 5.80. The Labute approximate surface area is 139 Å². The van der Waals surface area contributed by atoms with Gasteiger partial charge in [0, 0.05) is 0 Å². The van der Waals surface area contributed by atoms with E-state index in [2.05, 4.69) is 32.9 Å². The summed E-state index contributed by atoms with van der Waals surface area (Å²) in [6, 6.07) is 16.2. The van der Waals surface area contributed by atoms with E-state index in [1.807, 2.05) is 43.3 Å². The third-order valence-corrected chi connectivity index (χ3v) is 4.35. The van der Waals surface area contributed by atoms with E-state index < -0.39 is 0 Å². The Bertz CT molecular complexity index is 856. The smallest absolute Gasteiger partial charge is 0.270 e. The topological polar surface area (TPSA) is 72.7 Å². The van der Waals surface area contributed by atoms with Gasteiger partial charge in [0.1, 0.15) is 0 Å². The van der Waals surface area contributed by atoms with Crippen LogP contribution in [0.25, 0.3) is 0 Å². The predicted molar refractivity (Wildman–Crippen MR) is 89.7 cm³/mol. The molecule has 0 fully saturated rings. The fourth-order valence-corrected chi connectivity index (χ4v) is 3.22. The molecule has 24 heavy (non-hydrogen) atoms. The third-order valence-electron chi connectivity index (χ3n) is 4.35. The molecule has 0 radical (unpaired) electrons. The number of tetrazole rings is 1. The molecule has 0 spiro atoms. The van der Waals surface area contributed by atoms with Gasteiger partial charge in [0.15, 0.2) is 0 Å². The Balaban J connectivity index is 1.72. The summed E-state index contributed by atoms with van der Waals surface area (Å²) in [5.74, 6) is -0.257. The van der Waals surface area contributed by atoms with E-state index in [1.165, 1.54) is 15.9 Å². The van der Waals surface area contributed by atoms with Crippen LogP contribution >= 0.6 is 0 Å². The summed E-state index contributed by atoms with van der Waals surface area (Å²) in [5.41, 5.74) is 4.44. The van der Waals surface area contributed by atoms with Crippen molar-refractivity contribution in [3.05, 3.63) is 70.8 Å². The van der Waals surface area contributed by atoms with Crippen LogP contribution in [0.1, 0.15) is 35.1 Å². The molecule has 1 amide bonds. The van der Waals surface area contributed by atoms with Gasteiger partial charge in [-0.25, -0.2) is 0 Å². The summed E-state index contributed by atoms with van der Waals surface area (Å²) >= 11 is 0. The second kappa shape index (κ2) is 5.88. The highest BCUT2D eigenvalue weighted by Gasteiger charge is 2.31. The fourth-order valence-electron chi connectivity index (χ4n) is 3.22. The standard InChI is InChI=1S/C18H17N5O/c1-2-23-21-18(20-22-23)19-17(24)16-14-9-5-3-7-12(14)11-13-8-4-6-10-15(13)16/h3-10,16H,2,11H2,1H3,(H,19,21,24). The van der Waals surface area contributed by atoms with Gasteiger partial charge in [-0.3, -0.25) is 10.1 Å². The van der Waals surface area contributed by atoms with Gasteiger partial charge in [0.2, 0.25) is 5.91 Å². The monoisotopic (exact) mass is 319 g/mol. The number of rotatable bonds is 3. The molecule has 0 aliphatic heterocycles. The molecule has 0 unspecified atom stereocenters. The minimum absolute atomic E-state index is 0.134. The Morgan fingerprint density at radius 2 is 1.75 bits per heavy atom. The Hall–Kier alpha value is -3.02. The first-order chi connectivity index (χ1) is 11.8. The third kappa shape index (κ3) is 2.46.